The third-order valence-electron chi connectivity index (χ3n) is 2.34. The van der Waals surface area contributed by atoms with E-state index in [-0.39, 0.29) is 6.61 Å². The minimum absolute atomic E-state index is 0.255. The van der Waals surface area contributed by atoms with Gasteiger partial charge in [0.25, 0.3) is 0 Å². The Hall–Kier alpha value is -2.04. The lowest BCUT2D eigenvalue weighted by Crippen LogP contribution is -2.43. The van der Waals surface area contributed by atoms with Gasteiger partial charge in [0, 0.05) is 6.42 Å². The quantitative estimate of drug-likeness (QED) is 0.806. The lowest BCUT2D eigenvalue weighted by atomic mass is 10.1. The first-order valence-electron chi connectivity index (χ1n) is 5.72. The molecule has 0 aliphatic rings. The molecular formula is C13H17NO4. The zero-order valence-corrected chi connectivity index (χ0v) is 10.5. The lowest BCUT2D eigenvalue weighted by Gasteiger charge is -2.16. The molecule has 1 unspecified atom stereocenters. The number of rotatable bonds is 5. The minimum Gasteiger partial charge on any atom is -0.467 e. The first-order valence-corrected chi connectivity index (χ1v) is 5.72. The average Bonchev–Trinajstić information content (AvgIpc) is 2.38. The van der Waals surface area contributed by atoms with E-state index in [9.17, 15) is 9.59 Å². The number of hydrogen-bond donors (Lipinski definition) is 1. The van der Waals surface area contributed by atoms with E-state index >= 15 is 0 Å². The Bertz CT molecular complexity index is 391. The molecule has 0 saturated heterocycles. The average molecular weight is 251 g/mol. The Morgan fingerprint density at radius 3 is 2.50 bits per heavy atom. The fourth-order valence-corrected chi connectivity index (χ4v) is 1.50. The van der Waals surface area contributed by atoms with Crippen LogP contribution in [0.5, 0.6) is 0 Å². The van der Waals surface area contributed by atoms with Gasteiger partial charge in [0.1, 0.15) is 6.04 Å². The topological polar surface area (TPSA) is 64.6 Å². The van der Waals surface area contributed by atoms with Gasteiger partial charge in [0.15, 0.2) is 0 Å². The van der Waals surface area contributed by atoms with Crippen LogP contribution in [0.15, 0.2) is 30.3 Å². The number of amides is 1. The first-order chi connectivity index (χ1) is 8.67. The second kappa shape index (κ2) is 7.32. The van der Waals surface area contributed by atoms with Gasteiger partial charge in [-0.3, -0.25) is 0 Å². The highest BCUT2D eigenvalue weighted by Gasteiger charge is 2.22. The van der Waals surface area contributed by atoms with E-state index in [2.05, 4.69) is 10.1 Å². The molecule has 0 bridgehead atoms. The van der Waals surface area contributed by atoms with Crippen molar-refractivity contribution in [2.45, 2.75) is 19.4 Å². The van der Waals surface area contributed by atoms with Crippen LogP contribution in [0, 0.1) is 0 Å². The van der Waals surface area contributed by atoms with Gasteiger partial charge in [0.05, 0.1) is 13.7 Å². The number of methoxy groups -OCH3 is 1. The molecule has 18 heavy (non-hydrogen) atoms. The van der Waals surface area contributed by atoms with E-state index < -0.39 is 18.1 Å². The Balaban J connectivity index is 2.67. The van der Waals surface area contributed by atoms with Gasteiger partial charge >= 0.3 is 12.1 Å². The highest BCUT2D eigenvalue weighted by Crippen LogP contribution is 2.04. The summed E-state index contributed by atoms with van der Waals surface area (Å²) in [5.41, 5.74) is 0.935. The van der Waals surface area contributed by atoms with E-state index in [0.29, 0.717) is 6.42 Å². The minimum atomic E-state index is -0.739. The first kappa shape index (κ1) is 14.0. The Morgan fingerprint density at radius 2 is 1.94 bits per heavy atom. The van der Waals surface area contributed by atoms with E-state index in [1.165, 1.54) is 7.11 Å². The molecule has 1 atom stereocenters. The van der Waals surface area contributed by atoms with Crippen molar-refractivity contribution in [3.8, 4) is 0 Å². The van der Waals surface area contributed by atoms with Crippen LogP contribution in [0.3, 0.4) is 0 Å². The summed E-state index contributed by atoms with van der Waals surface area (Å²) in [7, 11) is 1.28. The molecule has 98 valence electrons. The van der Waals surface area contributed by atoms with Crippen LogP contribution < -0.4 is 5.32 Å². The highest BCUT2D eigenvalue weighted by atomic mass is 16.6. The van der Waals surface area contributed by atoms with Crippen LogP contribution >= 0.6 is 0 Å². The molecule has 0 fully saturated rings. The summed E-state index contributed by atoms with van der Waals surface area (Å²) < 4.78 is 9.40. The van der Waals surface area contributed by atoms with E-state index in [1.807, 2.05) is 30.3 Å². The second-order valence-corrected chi connectivity index (χ2v) is 3.63. The third kappa shape index (κ3) is 4.45. The number of carbonyl (C=O) groups is 2. The summed E-state index contributed by atoms with van der Waals surface area (Å²) >= 11 is 0. The van der Waals surface area contributed by atoms with Crippen LogP contribution in [-0.2, 0) is 20.7 Å². The maximum absolute atomic E-state index is 11.6. The Morgan fingerprint density at radius 1 is 1.28 bits per heavy atom. The zero-order chi connectivity index (χ0) is 13.4. The van der Waals surface area contributed by atoms with Crippen molar-refractivity contribution in [1.29, 1.82) is 0 Å². The van der Waals surface area contributed by atoms with Crippen molar-refractivity contribution < 1.29 is 19.1 Å². The second-order valence-electron chi connectivity index (χ2n) is 3.63. The van der Waals surface area contributed by atoms with E-state index in [1.54, 1.807) is 6.92 Å². The van der Waals surface area contributed by atoms with Crippen molar-refractivity contribution in [2.75, 3.05) is 13.7 Å². The number of ether oxygens (including phenoxy) is 2. The number of carbonyl (C=O) groups excluding carboxylic acids is 2. The smallest absolute Gasteiger partial charge is 0.407 e. The van der Waals surface area contributed by atoms with E-state index in [4.69, 9.17) is 4.74 Å². The van der Waals surface area contributed by atoms with Gasteiger partial charge < -0.3 is 14.8 Å². The molecule has 0 aliphatic carbocycles. The van der Waals surface area contributed by atoms with Gasteiger partial charge in [-0.05, 0) is 12.5 Å². The predicted octanol–water partition coefficient (Wildman–Crippen LogP) is 1.52. The van der Waals surface area contributed by atoms with Crippen LogP contribution in [0.25, 0.3) is 0 Å². The molecule has 5 heteroatoms. The Kier molecular flexibility index (Phi) is 5.70. The van der Waals surface area contributed by atoms with Crippen molar-refractivity contribution in [3.63, 3.8) is 0 Å². The van der Waals surface area contributed by atoms with Crippen molar-refractivity contribution in [3.05, 3.63) is 35.9 Å². The van der Waals surface area contributed by atoms with Gasteiger partial charge in [-0.25, -0.2) is 9.59 Å². The highest BCUT2D eigenvalue weighted by molar-refractivity contribution is 5.81. The molecule has 1 amide bonds. The van der Waals surface area contributed by atoms with Gasteiger partial charge in [-0.15, -0.1) is 0 Å². The summed E-state index contributed by atoms with van der Waals surface area (Å²) in [6.07, 6.45) is -0.254. The van der Waals surface area contributed by atoms with Gasteiger partial charge in [-0.2, -0.15) is 0 Å². The molecule has 0 saturated carbocycles. The standard InChI is InChI=1S/C13H17NO4/c1-3-18-13(16)14-11(12(15)17-2)9-10-7-5-4-6-8-10/h4-8,11H,3,9H2,1-2H3,(H,14,16). The fourth-order valence-electron chi connectivity index (χ4n) is 1.50. The number of nitrogens with one attached hydrogen (secondary N) is 1. The van der Waals surface area contributed by atoms with E-state index in [0.717, 1.165) is 5.56 Å². The third-order valence-corrected chi connectivity index (χ3v) is 2.34. The summed E-state index contributed by atoms with van der Waals surface area (Å²) in [5, 5.41) is 2.48. The van der Waals surface area contributed by atoms with Crippen LogP contribution in [-0.4, -0.2) is 31.8 Å². The molecule has 5 nitrogen and oxygen atoms in total. The molecule has 0 aliphatic heterocycles. The summed E-state index contributed by atoms with van der Waals surface area (Å²) in [4.78, 5) is 22.9. The lowest BCUT2D eigenvalue weighted by molar-refractivity contribution is -0.142. The summed E-state index contributed by atoms with van der Waals surface area (Å²) in [6, 6.07) is 8.64. The summed E-state index contributed by atoms with van der Waals surface area (Å²) in [5.74, 6) is -0.494. The molecule has 0 radical (unpaired) electrons. The molecule has 0 spiro atoms. The fraction of sp³-hybridized carbons (Fsp3) is 0.385. The number of benzene rings is 1. The summed E-state index contributed by atoms with van der Waals surface area (Å²) in [6.45, 7) is 1.95. The SMILES string of the molecule is CCOC(=O)NC(Cc1ccccc1)C(=O)OC. The van der Waals surface area contributed by atoms with Gasteiger partial charge in [0.2, 0.25) is 0 Å². The molecule has 1 aromatic carbocycles. The molecular weight excluding hydrogens is 234 g/mol. The van der Waals surface area contributed by atoms with Crippen molar-refractivity contribution >= 4 is 12.1 Å². The molecule has 0 aromatic heterocycles. The monoisotopic (exact) mass is 251 g/mol. The Labute approximate surface area is 106 Å². The van der Waals surface area contributed by atoms with Gasteiger partial charge in [-0.1, -0.05) is 30.3 Å². The number of hydrogen-bond acceptors (Lipinski definition) is 4. The largest absolute Gasteiger partial charge is 0.467 e. The van der Waals surface area contributed by atoms with Crippen molar-refractivity contribution in [1.82, 2.24) is 5.32 Å². The molecule has 0 heterocycles. The van der Waals surface area contributed by atoms with Crippen LogP contribution in [0.2, 0.25) is 0 Å². The molecule has 1 aromatic rings. The normalized spacial score (nSPS) is 11.4. The molecule has 1 N–H and O–H groups in total. The van der Waals surface area contributed by atoms with Crippen LogP contribution in [0.4, 0.5) is 4.79 Å². The molecule has 1 rings (SSSR count). The maximum atomic E-state index is 11.6. The van der Waals surface area contributed by atoms with Crippen LogP contribution in [0.1, 0.15) is 12.5 Å². The number of alkyl carbamates (subject to hydrolysis) is 1. The predicted molar refractivity (Wildman–Crippen MR) is 66.1 cm³/mol. The zero-order valence-electron chi connectivity index (χ0n) is 10.5. The maximum Gasteiger partial charge on any atom is 0.407 e. The van der Waals surface area contributed by atoms with Crippen molar-refractivity contribution in [2.24, 2.45) is 0 Å². The number of esters is 1.